The molecule has 1 aliphatic heterocycles. The number of rotatable bonds is 4. The number of likely N-dealkylation sites (tertiary alicyclic amines) is 1. The van der Waals surface area contributed by atoms with Crippen molar-refractivity contribution in [1.82, 2.24) is 4.90 Å². The summed E-state index contributed by atoms with van der Waals surface area (Å²) in [5, 5.41) is 17.1. The van der Waals surface area contributed by atoms with E-state index >= 15 is 0 Å². The Hall–Kier alpha value is -2.87. The highest BCUT2D eigenvalue weighted by molar-refractivity contribution is 7.12. The van der Waals surface area contributed by atoms with Crippen LogP contribution in [0, 0.1) is 11.3 Å². The van der Waals surface area contributed by atoms with Crippen LogP contribution >= 0.6 is 11.3 Å². The van der Waals surface area contributed by atoms with Crippen LogP contribution in [0.4, 0.5) is 16.2 Å². The van der Waals surface area contributed by atoms with E-state index in [1.165, 1.54) is 11.3 Å². The highest BCUT2D eigenvalue weighted by atomic mass is 32.1. The van der Waals surface area contributed by atoms with Gasteiger partial charge in [0.25, 0.3) is 5.91 Å². The molecule has 0 radical (unpaired) electrons. The standard InChI is InChI=1S/C20H21N3O4S/c24-17(16-7-3-9-28-16)21-14-5-1-6-15(10-14)22-19(27)23-11-13-4-2-8-20(13,12-23)18(25)26/h1,3,5-7,9-10,13H,2,4,8,11-12H2,(H,21,24)(H,22,27)(H,25,26)/t13-,20+/m0/s1. The number of benzene rings is 1. The third kappa shape index (κ3) is 3.35. The quantitative estimate of drug-likeness (QED) is 0.730. The zero-order chi connectivity index (χ0) is 19.7. The van der Waals surface area contributed by atoms with E-state index in [0.29, 0.717) is 29.2 Å². The molecule has 146 valence electrons. The van der Waals surface area contributed by atoms with Gasteiger partial charge in [-0.05, 0) is 48.4 Å². The Balaban J connectivity index is 1.41. The Morgan fingerprint density at radius 2 is 1.93 bits per heavy atom. The second-order valence-electron chi connectivity index (χ2n) is 7.37. The summed E-state index contributed by atoms with van der Waals surface area (Å²) in [5.41, 5.74) is 0.334. The van der Waals surface area contributed by atoms with Crippen molar-refractivity contribution in [2.45, 2.75) is 19.3 Å². The minimum absolute atomic E-state index is 0.0205. The fraction of sp³-hybridized carbons (Fsp3) is 0.350. The van der Waals surface area contributed by atoms with Crippen LogP contribution in [0.25, 0.3) is 0 Å². The van der Waals surface area contributed by atoms with Crippen LogP contribution in [0.2, 0.25) is 0 Å². The molecular formula is C20H21N3O4S. The van der Waals surface area contributed by atoms with Crippen molar-refractivity contribution in [2.24, 2.45) is 11.3 Å². The number of thiophene rings is 1. The van der Waals surface area contributed by atoms with Gasteiger partial charge in [0.15, 0.2) is 0 Å². The van der Waals surface area contributed by atoms with Crippen molar-refractivity contribution in [1.29, 1.82) is 0 Å². The molecule has 2 aliphatic rings. The van der Waals surface area contributed by atoms with E-state index in [1.54, 1.807) is 35.2 Å². The molecule has 7 nitrogen and oxygen atoms in total. The van der Waals surface area contributed by atoms with Gasteiger partial charge < -0.3 is 20.6 Å². The van der Waals surface area contributed by atoms with Crippen molar-refractivity contribution < 1.29 is 19.5 Å². The number of anilines is 2. The smallest absolute Gasteiger partial charge is 0.321 e. The largest absolute Gasteiger partial charge is 0.481 e. The first-order valence-corrected chi connectivity index (χ1v) is 10.1. The number of hydrogen-bond acceptors (Lipinski definition) is 4. The molecule has 2 aromatic rings. The number of amides is 3. The maximum atomic E-state index is 12.7. The van der Waals surface area contributed by atoms with Gasteiger partial charge in [-0.2, -0.15) is 0 Å². The zero-order valence-electron chi connectivity index (χ0n) is 15.2. The first kappa shape index (κ1) is 18.5. The molecule has 1 saturated heterocycles. The molecule has 1 aromatic heterocycles. The molecule has 1 aliphatic carbocycles. The van der Waals surface area contributed by atoms with Gasteiger partial charge in [0.2, 0.25) is 0 Å². The van der Waals surface area contributed by atoms with E-state index in [9.17, 15) is 19.5 Å². The van der Waals surface area contributed by atoms with Gasteiger partial charge >= 0.3 is 12.0 Å². The van der Waals surface area contributed by atoms with Crippen LogP contribution in [0.15, 0.2) is 41.8 Å². The number of carbonyl (C=O) groups excluding carboxylic acids is 2. The van der Waals surface area contributed by atoms with Gasteiger partial charge in [-0.25, -0.2) is 4.79 Å². The third-order valence-electron chi connectivity index (χ3n) is 5.70. The molecule has 3 N–H and O–H groups in total. The lowest BCUT2D eigenvalue weighted by Gasteiger charge is -2.23. The summed E-state index contributed by atoms with van der Waals surface area (Å²) in [6.07, 6.45) is 2.37. The van der Waals surface area contributed by atoms with Gasteiger partial charge in [-0.3, -0.25) is 9.59 Å². The summed E-state index contributed by atoms with van der Waals surface area (Å²) in [4.78, 5) is 38.8. The fourth-order valence-corrected chi connectivity index (χ4v) is 4.89. The van der Waals surface area contributed by atoms with Gasteiger partial charge in [0.05, 0.1) is 10.3 Å². The highest BCUT2D eigenvalue weighted by Gasteiger charge is 2.55. The molecule has 2 atom stereocenters. The predicted molar refractivity (Wildman–Crippen MR) is 107 cm³/mol. The van der Waals surface area contributed by atoms with Crippen molar-refractivity contribution >= 4 is 40.6 Å². The van der Waals surface area contributed by atoms with E-state index < -0.39 is 11.4 Å². The monoisotopic (exact) mass is 399 g/mol. The topological polar surface area (TPSA) is 98.7 Å². The van der Waals surface area contributed by atoms with Crippen LogP contribution in [0.1, 0.15) is 28.9 Å². The van der Waals surface area contributed by atoms with E-state index in [-0.39, 0.29) is 24.4 Å². The fourth-order valence-electron chi connectivity index (χ4n) is 4.27. The molecule has 3 amide bonds. The van der Waals surface area contributed by atoms with E-state index in [1.807, 2.05) is 11.4 Å². The molecule has 1 aromatic carbocycles. The Bertz CT molecular complexity index is 914. The Morgan fingerprint density at radius 3 is 2.61 bits per heavy atom. The van der Waals surface area contributed by atoms with Crippen LogP contribution in [-0.4, -0.2) is 41.0 Å². The molecule has 0 bridgehead atoms. The summed E-state index contributed by atoms with van der Waals surface area (Å²) in [5.74, 6) is -0.981. The van der Waals surface area contributed by atoms with Gasteiger partial charge in [-0.15, -0.1) is 11.3 Å². The van der Waals surface area contributed by atoms with Crippen LogP contribution in [-0.2, 0) is 4.79 Å². The Labute approximate surface area is 166 Å². The number of urea groups is 1. The average Bonchev–Trinajstić information content (AvgIpc) is 3.37. The Kier molecular flexibility index (Phi) is 4.80. The summed E-state index contributed by atoms with van der Waals surface area (Å²) >= 11 is 1.36. The van der Waals surface area contributed by atoms with Crippen LogP contribution < -0.4 is 10.6 Å². The molecule has 1 saturated carbocycles. The Morgan fingerprint density at radius 1 is 1.14 bits per heavy atom. The lowest BCUT2D eigenvalue weighted by molar-refractivity contribution is -0.149. The van der Waals surface area contributed by atoms with E-state index in [0.717, 1.165) is 12.8 Å². The molecule has 0 spiro atoms. The number of nitrogens with one attached hydrogen (secondary N) is 2. The number of hydrogen-bond donors (Lipinski definition) is 3. The van der Waals surface area contributed by atoms with Crippen molar-refractivity contribution in [2.75, 3.05) is 23.7 Å². The normalized spacial score (nSPS) is 23.3. The lowest BCUT2D eigenvalue weighted by Crippen LogP contribution is -2.38. The second kappa shape index (κ2) is 7.27. The predicted octanol–water partition coefficient (Wildman–Crippen LogP) is 3.72. The van der Waals surface area contributed by atoms with Gasteiger partial charge in [0.1, 0.15) is 0 Å². The number of nitrogens with zero attached hydrogens (tertiary/aromatic N) is 1. The van der Waals surface area contributed by atoms with Crippen LogP contribution in [0.5, 0.6) is 0 Å². The van der Waals surface area contributed by atoms with Crippen molar-refractivity contribution in [3.05, 3.63) is 46.7 Å². The summed E-state index contributed by atoms with van der Waals surface area (Å²) in [6.45, 7) is 0.709. The molecular weight excluding hydrogens is 378 g/mol. The van der Waals surface area contributed by atoms with Crippen LogP contribution in [0.3, 0.4) is 0 Å². The summed E-state index contributed by atoms with van der Waals surface area (Å²) < 4.78 is 0. The SMILES string of the molecule is O=C(Nc1cccc(NC(=O)N2C[C@@H]3CCC[C@@]3(C(=O)O)C2)c1)c1cccs1. The first-order chi connectivity index (χ1) is 13.5. The number of aliphatic carboxylic acids is 1. The average molecular weight is 399 g/mol. The van der Waals surface area contributed by atoms with E-state index in [2.05, 4.69) is 10.6 Å². The minimum atomic E-state index is -0.802. The first-order valence-electron chi connectivity index (χ1n) is 9.22. The highest BCUT2D eigenvalue weighted by Crippen LogP contribution is 2.48. The van der Waals surface area contributed by atoms with Crippen molar-refractivity contribution in [3.8, 4) is 0 Å². The molecule has 28 heavy (non-hydrogen) atoms. The van der Waals surface area contributed by atoms with Crippen molar-refractivity contribution in [3.63, 3.8) is 0 Å². The molecule has 0 unspecified atom stereocenters. The second-order valence-corrected chi connectivity index (χ2v) is 8.32. The van der Waals surface area contributed by atoms with E-state index in [4.69, 9.17) is 0 Å². The number of fused-ring (bicyclic) bond motifs is 1. The number of carbonyl (C=O) groups is 3. The maximum Gasteiger partial charge on any atom is 0.321 e. The number of carboxylic acids is 1. The number of carboxylic acid groups (broad SMARTS) is 1. The molecule has 2 fully saturated rings. The molecule has 2 heterocycles. The van der Waals surface area contributed by atoms with Gasteiger partial charge in [0, 0.05) is 24.5 Å². The molecule has 8 heteroatoms. The summed E-state index contributed by atoms with van der Waals surface area (Å²) in [7, 11) is 0. The third-order valence-corrected chi connectivity index (χ3v) is 6.57. The lowest BCUT2D eigenvalue weighted by atomic mass is 9.81. The molecule has 4 rings (SSSR count). The minimum Gasteiger partial charge on any atom is -0.481 e. The zero-order valence-corrected chi connectivity index (χ0v) is 16.0. The maximum absolute atomic E-state index is 12.7. The van der Waals surface area contributed by atoms with Gasteiger partial charge in [-0.1, -0.05) is 18.6 Å². The summed E-state index contributed by atoms with van der Waals surface area (Å²) in [6, 6.07) is 10.2.